The number of morpholine rings is 1. The number of nitrogens with two attached hydrogens (primary N) is 1. The molecule has 3 heterocycles. The molecule has 1 aliphatic rings. The van der Waals surface area contributed by atoms with Crippen molar-refractivity contribution in [3.63, 3.8) is 0 Å². The zero-order chi connectivity index (χ0) is 19.6. The Bertz CT molecular complexity index is 983. The summed E-state index contributed by atoms with van der Waals surface area (Å²) in [4.78, 5) is 32.0. The number of carbonyl (C=O) groups excluding carboxylic acids is 1. The normalized spacial score (nSPS) is 19.4. The van der Waals surface area contributed by atoms with Gasteiger partial charge in [-0.05, 0) is 36.2 Å². The van der Waals surface area contributed by atoms with Crippen LogP contribution in [0.4, 0.5) is 5.95 Å². The lowest BCUT2D eigenvalue weighted by Crippen LogP contribution is -2.62. The molecule has 28 heavy (non-hydrogen) atoms. The van der Waals surface area contributed by atoms with Crippen LogP contribution in [0.15, 0.2) is 55.1 Å². The Morgan fingerprint density at radius 1 is 1.11 bits per heavy atom. The molecule has 1 saturated heterocycles. The Morgan fingerprint density at radius 3 is 2.46 bits per heavy atom. The molecule has 1 aliphatic heterocycles. The lowest BCUT2D eigenvalue weighted by Gasteiger charge is -2.44. The highest BCUT2D eigenvalue weighted by Crippen LogP contribution is 2.36. The zero-order valence-corrected chi connectivity index (χ0v) is 15.4. The molecule has 1 atom stereocenters. The third kappa shape index (κ3) is 2.97. The molecular formula is C20H20N6O2. The monoisotopic (exact) mass is 376 g/mol. The van der Waals surface area contributed by atoms with E-state index in [1.54, 1.807) is 36.9 Å². The summed E-state index contributed by atoms with van der Waals surface area (Å²) in [7, 11) is 0. The van der Waals surface area contributed by atoms with Crippen LogP contribution in [0.2, 0.25) is 0 Å². The average Bonchev–Trinajstić information content (AvgIpc) is 2.75. The molecule has 8 nitrogen and oxygen atoms in total. The fraction of sp³-hybridized carbons (Fsp3) is 0.250. The molecule has 0 aliphatic carbocycles. The van der Waals surface area contributed by atoms with E-state index < -0.39 is 11.4 Å². The van der Waals surface area contributed by atoms with Gasteiger partial charge in [-0.2, -0.15) is 0 Å². The van der Waals surface area contributed by atoms with Gasteiger partial charge in [-0.3, -0.25) is 4.79 Å². The summed E-state index contributed by atoms with van der Waals surface area (Å²) in [5.74, 6) is 0.492. The minimum Gasteiger partial charge on any atom is -0.376 e. The summed E-state index contributed by atoms with van der Waals surface area (Å²) in [6, 6.07) is 9.21. The van der Waals surface area contributed by atoms with Crippen molar-refractivity contribution in [2.24, 2.45) is 5.73 Å². The van der Waals surface area contributed by atoms with Crippen molar-refractivity contribution in [1.29, 1.82) is 0 Å². The maximum absolute atomic E-state index is 12.8. The molecule has 2 aromatic heterocycles. The Balaban J connectivity index is 1.89. The number of primary amides is 1. The van der Waals surface area contributed by atoms with E-state index in [0.717, 1.165) is 11.1 Å². The second-order valence-corrected chi connectivity index (χ2v) is 6.58. The third-order valence-electron chi connectivity index (χ3n) is 4.95. The smallest absolute Gasteiger partial charge is 0.250 e. The minimum atomic E-state index is -1.23. The second-order valence-electron chi connectivity index (χ2n) is 6.58. The first-order valence-corrected chi connectivity index (χ1v) is 8.94. The number of nitrogens with zero attached hydrogens (tertiary/aromatic N) is 5. The van der Waals surface area contributed by atoms with Gasteiger partial charge < -0.3 is 15.4 Å². The highest BCUT2D eigenvalue weighted by Gasteiger charge is 2.48. The lowest BCUT2D eigenvalue weighted by molar-refractivity contribution is -0.127. The van der Waals surface area contributed by atoms with Crippen LogP contribution in [-0.2, 0) is 15.1 Å². The molecule has 1 unspecified atom stereocenters. The van der Waals surface area contributed by atoms with Gasteiger partial charge in [-0.1, -0.05) is 12.1 Å². The van der Waals surface area contributed by atoms with Crippen LogP contribution in [0.5, 0.6) is 0 Å². The number of hydrogen-bond donors (Lipinski definition) is 1. The number of amides is 1. The summed E-state index contributed by atoms with van der Waals surface area (Å²) >= 11 is 0. The fourth-order valence-electron chi connectivity index (χ4n) is 3.49. The van der Waals surface area contributed by atoms with E-state index in [1.807, 2.05) is 30.0 Å². The lowest BCUT2D eigenvalue weighted by atomic mass is 9.85. The summed E-state index contributed by atoms with van der Waals surface area (Å²) in [5.41, 5.74) is 7.24. The molecule has 0 radical (unpaired) electrons. The van der Waals surface area contributed by atoms with Crippen molar-refractivity contribution in [3.8, 4) is 11.4 Å². The molecule has 3 aromatic rings. The van der Waals surface area contributed by atoms with Gasteiger partial charge in [0.15, 0.2) is 11.4 Å². The van der Waals surface area contributed by atoms with E-state index in [0.29, 0.717) is 30.5 Å². The van der Waals surface area contributed by atoms with Gasteiger partial charge in [0.25, 0.3) is 5.91 Å². The first-order chi connectivity index (χ1) is 13.6. The molecule has 4 rings (SSSR count). The van der Waals surface area contributed by atoms with Gasteiger partial charge in [-0.15, -0.1) is 0 Å². The van der Waals surface area contributed by atoms with Gasteiger partial charge in [0.05, 0.1) is 13.2 Å². The van der Waals surface area contributed by atoms with Crippen LogP contribution in [0.1, 0.15) is 11.1 Å². The Kier molecular flexibility index (Phi) is 4.70. The fourth-order valence-corrected chi connectivity index (χ4v) is 3.49. The van der Waals surface area contributed by atoms with E-state index in [9.17, 15) is 4.79 Å². The van der Waals surface area contributed by atoms with E-state index in [1.165, 1.54) is 0 Å². The number of anilines is 1. The van der Waals surface area contributed by atoms with Gasteiger partial charge in [0, 0.05) is 36.9 Å². The van der Waals surface area contributed by atoms with Crippen molar-refractivity contribution in [3.05, 3.63) is 66.2 Å². The molecule has 0 saturated carbocycles. The number of ether oxygens (including phenoxy) is 1. The number of aryl methyl sites for hydroxylation is 1. The van der Waals surface area contributed by atoms with Crippen molar-refractivity contribution in [2.75, 3.05) is 24.7 Å². The Hall–Kier alpha value is -3.39. The summed E-state index contributed by atoms with van der Waals surface area (Å²) in [6.45, 7) is 2.98. The third-order valence-corrected chi connectivity index (χ3v) is 4.95. The van der Waals surface area contributed by atoms with Crippen LogP contribution >= 0.6 is 0 Å². The van der Waals surface area contributed by atoms with E-state index in [4.69, 9.17) is 10.5 Å². The molecule has 0 spiro atoms. The van der Waals surface area contributed by atoms with Crippen LogP contribution in [-0.4, -0.2) is 45.6 Å². The summed E-state index contributed by atoms with van der Waals surface area (Å²) in [5, 5.41) is 0. The van der Waals surface area contributed by atoms with Crippen molar-refractivity contribution >= 4 is 11.9 Å². The molecule has 2 N–H and O–H groups in total. The predicted octanol–water partition coefficient (Wildman–Crippen LogP) is 1.46. The van der Waals surface area contributed by atoms with E-state index in [2.05, 4.69) is 19.9 Å². The van der Waals surface area contributed by atoms with Crippen LogP contribution < -0.4 is 10.6 Å². The molecule has 8 heteroatoms. The number of hydrogen-bond acceptors (Lipinski definition) is 7. The first-order valence-electron chi connectivity index (χ1n) is 8.94. The minimum absolute atomic E-state index is 0.110. The van der Waals surface area contributed by atoms with Gasteiger partial charge >= 0.3 is 0 Å². The standard InChI is InChI=1S/C20H20N6O2/c1-14-4-5-15(12-16(14)17-22-6-2-7-23-17)20(18(21)27)13-28-11-10-26(20)19-24-8-3-9-25-19/h2-9,12H,10-11,13H2,1H3,(H2,21,27). The number of aromatic nitrogens is 4. The van der Waals surface area contributed by atoms with Gasteiger partial charge in [-0.25, -0.2) is 19.9 Å². The molecule has 1 aromatic carbocycles. The summed E-state index contributed by atoms with van der Waals surface area (Å²) < 4.78 is 5.70. The number of benzene rings is 1. The SMILES string of the molecule is Cc1ccc(C2(C(N)=O)COCCN2c2ncccn2)cc1-c1ncccn1. The Morgan fingerprint density at radius 2 is 1.79 bits per heavy atom. The first kappa shape index (κ1) is 18.0. The van der Waals surface area contributed by atoms with Gasteiger partial charge in [0.1, 0.15) is 0 Å². The van der Waals surface area contributed by atoms with Crippen molar-refractivity contribution < 1.29 is 9.53 Å². The number of rotatable bonds is 4. The quantitative estimate of drug-likeness (QED) is 0.734. The molecule has 0 bridgehead atoms. The molecule has 1 amide bonds. The van der Waals surface area contributed by atoms with Crippen LogP contribution in [0.25, 0.3) is 11.4 Å². The predicted molar refractivity (Wildman–Crippen MR) is 103 cm³/mol. The average molecular weight is 376 g/mol. The van der Waals surface area contributed by atoms with Crippen molar-refractivity contribution in [2.45, 2.75) is 12.5 Å². The van der Waals surface area contributed by atoms with E-state index >= 15 is 0 Å². The Labute approximate surface area is 162 Å². The second kappa shape index (κ2) is 7.32. The van der Waals surface area contributed by atoms with Crippen LogP contribution in [0.3, 0.4) is 0 Å². The maximum Gasteiger partial charge on any atom is 0.250 e. The zero-order valence-electron chi connectivity index (χ0n) is 15.4. The molecular weight excluding hydrogens is 356 g/mol. The maximum atomic E-state index is 12.8. The molecule has 142 valence electrons. The van der Waals surface area contributed by atoms with Crippen molar-refractivity contribution in [1.82, 2.24) is 19.9 Å². The number of carbonyl (C=O) groups is 1. The van der Waals surface area contributed by atoms with E-state index in [-0.39, 0.29) is 6.61 Å². The van der Waals surface area contributed by atoms with Gasteiger partial charge in [0.2, 0.25) is 5.95 Å². The van der Waals surface area contributed by atoms with Crippen LogP contribution in [0, 0.1) is 6.92 Å². The highest BCUT2D eigenvalue weighted by molar-refractivity contribution is 5.90. The topological polar surface area (TPSA) is 107 Å². The summed E-state index contributed by atoms with van der Waals surface area (Å²) in [6.07, 6.45) is 6.65. The largest absolute Gasteiger partial charge is 0.376 e. The highest BCUT2D eigenvalue weighted by atomic mass is 16.5. The molecule has 1 fully saturated rings.